The van der Waals surface area contributed by atoms with E-state index in [-0.39, 0.29) is 6.04 Å². The van der Waals surface area contributed by atoms with Gasteiger partial charge in [0.25, 0.3) is 0 Å². The van der Waals surface area contributed by atoms with Gasteiger partial charge in [0.15, 0.2) is 5.84 Å². The van der Waals surface area contributed by atoms with Gasteiger partial charge in [-0.15, -0.1) is 0 Å². The molecule has 1 unspecified atom stereocenters. The number of oxime groups is 1. The summed E-state index contributed by atoms with van der Waals surface area (Å²) in [6.07, 6.45) is 2.07. The van der Waals surface area contributed by atoms with E-state index in [0.717, 1.165) is 32.5 Å². The van der Waals surface area contributed by atoms with Crippen LogP contribution in [0.25, 0.3) is 0 Å². The van der Waals surface area contributed by atoms with E-state index in [9.17, 15) is 0 Å². The van der Waals surface area contributed by atoms with Gasteiger partial charge in [-0.25, -0.2) is 0 Å². The number of nitrogens with zero attached hydrogens (tertiary/aromatic N) is 2. The van der Waals surface area contributed by atoms with Gasteiger partial charge in [0.05, 0.1) is 12.6 Å². The van der Waals surface area contributed by atoms with Crippen LogP contribution in [0.4, 0.5) is 0 Å². The Hall–Kier alpha value is -0.810. The summed E-state index contributed by atoms with van der Waals surface area (Å²) < 4.78 is 5.53. The van der Waals surface area contributed by atoms with Crippen LogP contribution in [0.2, 0.25) is 0 Å². The molecule has 1 atom stereocenters. The van der Waals surface area contributed by atoms with E-state index < -0.39 is 0 Å². The summed E-state index contributed by atoms with van der Waals surface area (Å²) in [5, 5.41) is 11.8. The van der Waals surface area contributed by atoms with Crippen LogP contribution in [0.15, 0.2) is 5.16 Å². The van der Waals surface area contributed by atoms with Crippen molar-refractivity contribution in [3.05, 3.63) is 0 Å². The molecule has 1 heterocycles. The van der Waals surface area contributed by atoms with E-state index in [1.54, 1.807) is 0 Å². The van der Waals surface area contributed by atoms with Gasteiger partial charge in [0.1, 0.15) is 0 Å². The lowest BCUT2D eigenvalue weighted by atomic mass is 10.2. The summed E-state index contributed by atoms with van der Waals surface area (Å²) >= 11 is 0. The standard InChI is InChI=1S/C11H23N3O2/c1-9(2)8-16-7-6-14-5-3-4-10(14)11(12)13-15/h9-10,15H,3-8H2,1-2H3,(H2,12,13). The maximum atomic E-state index is 8.66. The number of hydrogen-bond acceptors (Lipinski definition) is 4. The van der Waals surface area contributed by atoms with Gasteiger partial charge in [0, 0.05) is 13.2 Å². The highest BCUT2D eigenvalue weighted by Gasteiger charge is 2.27. The Morgan fingerprint density at radius 1 is 1.62 bits per heavy atom. The molecule has 0 saturated carbocycles. The Kier molecular flexibility index (Phi) is 5.55. The van der Waals surface area contributed by atoms with Gasteiger partial charge in [-0.1, -0.05) is 19.0 Å². The molecule has 16 heavy (non-hydrogen) atoms. The van der Waals surface area contributed by atoms with Gasteiger partial charge in [-0.3, -0.25) is 4.90 Å². The van der Waals surface area contributed by atoms with Crippen LogP contribution in [-0.2, 0) is 4.74 Å². The van der Waals surface area contributed by atoms with E-state index in [4.69, 9.17) is 15.7 Å². The number of nitrogens with two attached hydrogens (primary N) is 1. The SMILES string of the molecule is CC(C)COCCN1CCCC1C(N)=NO. The minimum atomic E-state index is 0.0904. The van der Waals surface area contributed by atoms with Crippen molar-refractivity contribution >= 4 is 5.84 Å². The molecule has 0 aromatic rings. The normalized spacial score (nSPS) is 23.2. The van der Waals surface area contributed by atoms with Gasteiger partial charge >= 0.3 is 0 Å². The average Bonchev–Trinajstić information content (AvgIpc) is 2.71. The largest absolute Gasteiger partial charge is 0.409 e. The quantitative estimate of drug-likeness (QED) is 0.233. The van der Waals surface area contributed by atoms with Gasteiger partial charge in [0.2, 0.25) is 0 Å². The molecule has 1 rings (SSSR count). The van der Waals surface area contributed by atoms with Crippen LogP contribution in [0.1, 0.15) is 26.7 Å². The molecule has 1 aliphatic heterocycles. The van der Waals surface area contributed by atoms with Crippen molar-refractivity contribution in [1.29, 1.82) is 0 Å². The summed E-state index contributed by atoms with van der Waals surface area (Å²) in [6.45, 7) is 7.64. The van der Waals surface area contributed by atoms with E-state index in [2.05, 4.69) is 23.9 Å². The van der Waals surface area contributed by atoms with Crippen molar-refractivity contribution in [2.75, 3.05) is 26.3 Å². The molecule has 1 saturated heterocycles. The number of rotatable bonds is 6. The highest BCUT2D eigenvalue weighted by molar-refractivity contribution is 5.85. The molecule has 0 bridgehead atoms. The molecule has 1 aliphatic rings. The summed E-state index contributed by atoms with van der Waals surface area (Å²) in [4.78, 5) is 2.22. The first-order valence-corrected chi connectivity index (χ1v) is 5.94. The minimum Gasteiger partial charge on any atom is -0.409 e. The van der Waals surface area contributed by atoms with Crippen LogP contribution < -0.4 is 5.73 Å². The summed E-state index contributed by atoms with van der Waals surface area (Å²) in [6, 6.07) is 0.0904. The molecule has 0 aromatic heterocycles. The molecular weight excluding hydrogens is 206 g/mol. The molecule has 5 nitrogen and oxygen atoms in total. The smallest absolute Gasteiger partial charge is 0.156 e. The first-order valence-electron chi connectivity index (χ1n) is 5.94. The lowest BCUT2D eigenvalue weighted by Gasteiger charge is -2.23. The topological polar surface area (TPSA) is 71.1 Å². The lowest BCUT2D eigenvalue weighted by Crippen LogP contribution is -2.42. The Balaban J connectivity index is 2.25. The Bertz CT molecular complexity index is 231. The van der Waals surface area contributed by atoms with Crippen LogP contribution >= 0.6 is 0 Å². The predicted molar refractivity (Wildman–Crippen MR) is 63.7 cm³/mol. The van der Waals surface area contributed by atoms with E-state index >= 15 is 0 Å². The van der Waals surface area contributed by atoms with Crippen molar-refractivity contribution in [2.24, 2.45) is 16.8 Å². The molecule has 0 aliphatic carbocycles. The fourth-order valence-electron chi connectivity index (χ4n) is 2.00. The zero-order valence-corrected chi connectivity index (χ0v) is 10.2. The molecule has 0 radical (unpaired) electrons. The van der Waals surface area contributed by atoms with Crippen molar-refractivity contribution in [1.82, 2.24) is 4.90 Å². The van der Waals surface area contributed by atoms with Crippen LogP contribution in [0, 0.1) is 5.92 Å². The second-order valence-electron chi connectivity index (χ2n) is 4.69. The minimum absolute atomic E-state index is 0.0904. The van der Waals surface area contributed by atoms with Gasteiger partial charge < -0.3 is 15.7 Å². The molecule has 1 fully saturated rings. The monoisotopic (exact) mass is 229 g/mol. The van der Waals surface area contributed by atoms with Crippen molar-refractivity contribution < 1.29 is 9.94 Å². The maximum Gasteiger partial charge on any atom is 0.156 e. The third-order valence-corrected chi connectivity index (χ3v) is 2.79. The molecule has 3 N–H and O–H groups in total. The predicted octanol–water partition coefficient (Wildman–Crippen LogP) is 0.870. The molecule has 0 amide bonds. The summed E-state index contributed by atoms with van der Waals surface area (Å²) in [5.74, 6) is 0.889. The Morgan fingerprint density at radius 2 is 2.38 bits per heavy atom. The lowest BCUT2D eigenvalue weighted by molar-refractivity contribution is 0.0872. The summed E-state index contributed by atoms with van der Waals surface area (Å²) in [7, 11) is 0. The molecular formula is C11H23N3O2. The zero-order chi connectivity index (χ0) is 12.0. The average molecular weight is 229 g/mol. The third kappa shape index (κ3) is 3.98. The number of amidine groups is 1. The van der Waals surface area contributed by atoms with Crippen LogP contribution in [0.3, 0.4) is 0 Å². The van der Waals surface area contributed by atoms with Crippen molar-refractivity contribution in [3.8, 4) is 0 Å². The van der Waals surface area contributed by atoms with Gasteiger partial charge in [-0.05, 0) is 25.3 Å². The van der Waals surface area contributed by atoms with E-state index in [0.29, 0.717) is 18.4 Å². The van der Waals surface area contributed by atoms with Gasteiger partial charge in [-0.2, -0.15) is 0 Å². The number of ether oxygens (including phenoxy) is 1. The molecule has 94 valence electrons. The first kappa shape index (κ1) is 13.3. The Labute approximate surface area is 97.2 Å². The molecule has 0 spiro atoms. The zero-order valence-electron chi connectivity index (χ0n) is 10.2. The summed E-state index contributed by atoms with van der Waals surface area (Å²) in [5.41, 5.74) is 5.64. The fourth-order valence-corrected chi connectivity index (χ4v) is 2.00. The first-order chi connectivity index (χ1) is 7.65. The highest BCUT2D eigenvalue weighted by atomic mass is 16.5. The third-order valence-electron chi connectivity index (χ3n) is 2.79. The number of likely N-dealkylation sites (tertiary alicyclic amines) is 1. The van der Waals surface area contributed by atoms with Crippen LogP contribution in [-0.4, -0.2) is 48.3 Å². The maximum absolute atomic E-state index is 8.66. The second-order valence-corrected chi connectivity index (χ2v) is 4.69. The highest BCUT2D eigenvalue weighted by Crippen LogP contribution is 2.16. The van der Waals surface area contributed by atoms with Crippen LogP contribution in [0.5, 0.6) is 0 Å². The van der Waals surface area contributed by atoms with Crippen molar-refractivity contribution in [3.63, 3.8) is 0 Å². The molecule has 5 heteroatoms. The number of hydrogen-bond donors (Lipinski definition) is 2. The van der Waals surface area contributed by atoms with E-state index in [1.807, 2.05) is 0 Å². The van der Waals surface area contributed by atoms with Crippen molar-refractivity contribution in [2.45, 2.75) is 32.7 Å². The van der Waals surface area contributed by atoms with E-state index in [1.165, 1.54) is 0 Å². The second kappa shape index (κ2) is 6.70. The molecule has 0 aromatic carbocycles. The Morgan fingerprint density at radius 3 is 3.00 bits per heavy atom. The fraction of sp³-hybridized carbons (Fsp3) is 0.909.